The minimum atomic E-state index is -0.438. The Bertz CT molecular complexity index is 679. The smallest absolute Gasteiger partial charge is 0.145 e. The maximum absolute atomic E-state index is 10.6. The fraction of sp³-hybridized carbons (Fsp3) is 0.786. The van der Waals surface area contributed by atoms with E-state index in [9.17, 15) is 5.11 Å². The van der Waals surface area contributed by atoms with Crippen LogP contribution in [-0.4, -0.2) is 88.0 Å². The number of rotatable bonds is 9. The molecule has 35 heavy (non-hydrogen) atoms. The lowest BCUT2D eigenvalue weighted by Crippen LogP contribution is -2.49. The van der Waals surface area contributed by atoms with Gasteiger partial charge in [-0.25, -0.2) is 0 Å². The number of nitrogens with zero attached hydrogens (tertiary/aromatic N) is 2. The average Bonchev–Trinajstić information content (AvgIpc) is 2.89. The second kappa shape index (κ2) is 17.0. The van der Waals surface area contributed by atoms with E-state index < -0.39 is 6.10 Å². The zero-order valence-electron chi connectivity index (χ0n) is 23.5. The van der Waals surface area contributed by atoms with Crippen LogP contribution in [0.4, 0.5) is 5.69 Å². The molecule has 2 fully saturated rings. The van der Waals surface area contributed by atoms with Gasteiger partial charge < -0.3 is 29.3 Å². The quantitative estimate of drug-likeness (QED) is 0.528. The first-order chi connectivity index (χ1) is 16.9. The van der Waals surface area contributed by atoms with Crippen LogP contribution in [0.15, 0.2) is 18.2 Å². The number of hydrogen-bond acceptors (Lipinski definition) is 7. The Morgan fingerprint density at radius 1 is 1.00 bits per heavy atom. The molecule has 2 N–H and O–H groups in total. The summed E-state index contributed by atoms with van der Waals surface area (Å²) >= 11 is 0. The first-order valence-electron chi connectivity index (χ1n) is 13.3. The first-order valence-corrected chi connectivity index (χ1v) is 13.3. The van der Waals surface area contributed by atoms with Gasteiger partial charge in [-0.15, -0.1) is 0 Å². The van der Waals surface area contributed by atoms with Crippen molar-refractivity contribution in [3.05, 3.63) is 18.2 Å². The van der Waals surface area contributed by atoms with E-state index in [1.807, 2.05) is 26.0 Å². The Labute approximate surface area is 214 Å². The maximum atomic E-state index is 10.6. The predicted octanol–water partition coefficient (Wildman–Crippen LogP) is 4.30. The summed E-state index contributed by atoms with van der Waals surface area (Å²) in [7, 11) is 4.36. The molecule has 7 heteroatoms. The number of aliphatic hydroxyl groups excluding tert-OH is 2. The van der Waals surface area contributed by atoms with Crippen molar-refractivity contribution in [2.45, 2.75) is 66.1 Å². The van der Waals surface area contributed by atoms with Crippen LogP contribution in [0.2, 0.25) is 0 Å². The normalized spacial score (nSPS) is 23.5. The molecule has 1 aliphatic carbocycles. The van der Waals surface area contributed by atoms with Gasteiger partial charge in [-0.1, -0.05) is 41.0 Å². The summed E-state index contributed by atoms with van der Waals surface area (Å²) in [6.07, 6.45) is 3.52. The van der Waals surface area contributed by atoms with E-state index in [4.69, 9.17) is 19.3 Å². The molecule has 4 unspecified atom stereocenters. The van der Waals surface area contributed by atoms with Gasteiger partial charge in [0, 0.05) is 45.9 Å². The molecule has 0 spiro atoms. The lowest BCUT2D eigenvalue weighted by Gasteiger charge is -2.39. The fourth-order valence-electron chi connectivity index (χ4n) is 5.11. The number of aliphatic hydroxyl groups is 2. The minimum Gasteiger partial charge on any atom is -0.497 e. The topological polar surface area (TPSA) is 74.6 Å². The molecule has 2 aliphatic rings. The molecular weight excluding hydrogens is 444 g/mol. The molecule has 0 aromatic heterocycles. The lowest BCUT2D eigenvalue weighted by molar-refractivity contribution is -0.0740. The van der Waals surface area contributed by atoms with Gasteiger partial charge >= 0.3 is 0 Å². The molecule has 1 aromatic carbocycles. The number of anilines is 1. The molecule has 3 rings (SSSR count). The molecule has 1 saturated heterocycles. The van der Waals surface area contributed by atoms with E-state index in [0.29, 0.717) is 25.0 Å². The van der Waals surface area contributed by atoms with Crippen molar-refractivity contribution in [2.24, 2.45) is 17.8 Å². The summed E-state index contributed by atoms with van der Waals surface area (Å²) in [4.78, 5) is 4.68. The van der Waals surface area contributed by atoms with Crippen LogP contribution in [0.3, 0.4) is 0 Å². The molecule has 4 atom stereocenters. The van der Waals surface area contributed by atoms with Crippen molar-refractivity contribution in [1.29, 1.82) is 0 Å². The van der Waals surface area contributed by atoms with E-state index in [2.05, 4.69) is 36.6 Å². The Morgan fingerprint density at radius 3 is 2.23 bits per heavy atom. The van der Waals surface area contributed by atoms with Crippen LogP contribution in [0.1, 0.15) is 53.9 Å². The summed E-state index contributed by atoms with van der Waals surface area (Å²) in [5.74, 6) is 3.61. The third-order valence-electron chi connectivity index (χ3n) is 7.03. The second-order valence-corrected chi connectivity index (χ2v) is 9.68. The van der Waals surface area contributed by atoms with Crippen molar-refractivity contribution in [1.82, 2.24) is 4.90 Å². The molecule has 1 saturated carbocycles. The molecular formula is C28H52N2O5. The molecule has 204 valence electrons. The zero-order valence-corrected chi connectivity index (χ0v) is 23.5. The van der Waals surface area contributed by atoms with E-state index in [0.717, 1.165) is 62.8 Å². The van der Waals surface area contributed by atoms with Crippen LogP contribution < -0.4 is 14.4 Å². The number of hydrogen-bond donors (Lipinski definition) is 2. The van der Waals surface area contributed by atoms with Crippen molar-refractivity contribution >= 4 is 5.69 Å². The maximum Gasteiger partial charge on any atom is 0.145 e. The molecule has 1 aromatic rings. The van der Waals surface area contributed by atoms with Gasteiger partial charge in [0.15, 0.2) is 0 Å². The van der Waals surface area contributed by atoms with E-state index >= 15 is 0 Å². The molecule has 1 aliphatic heterocycles. The summed E-state index contributed by atoms with van der Waals surface area (Å²) in [5.41, 5.74) is 1.10. The van der Waals surface area contributed by atoms with Crippen LogP contribution >= 0.6 is 0 Å². The second-order valence-electron chi connectivity index (χ2n) is 9.68. The van der Waals surface area contributed by atoms with Crippen LogP contribution in [0.25, 0.3) is 0 Å². The molecule has 0 radical (unpaired) electrons. The third-order valence-corrected chi connectivity index (χ3v) is 7.03. The van der Waals surface area contributed by atoms with Crippen molar-refractivity contribution in [2.75, 3.05) is 65.6 Å². The number of ether oxygens (including phenoxy) is 3. The molecule has 7 nitrogen and oxygen atoms in total. The highest BCUT2D eigenvalue weighted by Crippen LogP contribution is 2.35. The highest BCUT2D eigenvalue weighted by Gasteiger charge is 2.32. The van der Waals surface area contributed by atoms with Crippen molar-refractivity contribution < 1.29 is 24.4 Å². The number of piperazine rings is 1. The Hall–Kier alpha value is -1.54. The molecule has 0 bridgehead atoms. The number of β-amino-alcohol motifs (C(OH)–C–C–N with tert-alkyl or cyclic N) is 1. The number of methoxy groups -OCH3 is 2. The highest BCUT2D eigenvalue weighted by atomic mass is 16.5. The third kappa shape index (κ3) is 9.79. The van der Waals surface area contributed by atoms with Gasteiger partial charge in [-0.3, -0.25) is 4.90 Å². The Morgan fingerprint density at radius 2 is 1.66 bits per heavy atom. The van der Waals surface area contributed by atoms with E-state index in [1.165, 1.54) is 12.8 Å². The van der Waals surface area contributed by atoms with Crippen LogP contribution in [0, 0.1) is 17.8 Å². The van der Waals surface area contributed by atoms with E-state index in [1.54, 1.807) is 14.2 Å². The van der Waals surface area contributed by atoms with Gasteiger partial charge in [0.05, 0.1) is 38.7 Å². The minimum absolute atomic E-state index is 0.290. The molecule has 0 amide bonds. The van der Waals surface area contributed by atoms with E-state index in [-0.39, 0.29) is 6.10 Å². The van der Waals surface area contributed by atoms with Gasteiger partial charge in [-0.05, 0) is 42.7 Å². The largest absolute Gasteiger partial charge is 0.497 e. The fourth-order valence-corrected chi connectivity index (χ4v) is 5.11. The van der Waals surface area contributed by atoms with Crippen LogP contribution in [0.5, 0.6) is 11.5 Å². The van der Waals surface area contributed by atoms with Crippen LogP contribution in [-0.2, 0) is 4.74 Å². The monoisotopic (exact) mass is 496 g/mol. The summed E-state index contributed by atoms with van der Waals surface area (Å²) < 4.78 is 17.1. The Balaban J connectivity index is 0.00000145. The van der Waals surface area contributed by atoms with Gasteiger partial charge in [0.1, 0.15) is 11.5 Å². The summed E-state index contributed by atoms with van der Waals surface area (Å²) in [6.45, 7) is 15.7. The van der Waals surface area contributed by atoms with Gasteiger partial charge in [0.2, 0.25) is 0 Å². The molecule has 1 heterocycles. The standard InChI is InChI=1S/C25H42N2O4.C2H6.CH4O/c1-18(2)22-8-6-19(3)14-24(22)31-17-20(28)16-26-10-12-27(13-11-26)23-9-7-21(29-4)15-25(23)30-5;2*1-2/h7,9,15,18-20,22,24,28H,6,8,10-14,16-17H2,1-5H3;1-2H3;2H,1H3. The Kier molecular flexibility index (Phi) is 15.3. The lowest BCUT2D eigenvalue weighted by atomic mass is 9.75. The van der Waals surface area contributed by atoms with Gasteiger partial charge in [0.25, 0.3) is 0 Å². The van der Waals surface area contributed by atoms with Crippen molar-refractivity contribution in [3.8, 4) is 11.5 Å². The van der Waals surface area contributed by atoms with Crippen molar-refractivity contribution in [3.63, 3.8) is 0 Å². The van der Waals surface area contributed by atoms with Gasteiger partial charge in [-0.2, -0.15) is 0 Å². The highest BCUT2D eigenvalue weighted by molar-refractivity contribution is 5.61. The predicted molar refractivity (Wildman–Crippen MR) is 145 cm³/mol. The summed E-state index contributed by atoms with van der Waals surface area (Å²) in [5, 5.41) is 17.6. The average molecular weight is 497 g/mol. The first kappa shape index (κ1) is 31.5. The SMILES string of the molecule is CC.CO.COc1ccc(N2CCN(CC(O)COC3CC(C)CCC3C(C)C)CC2)c(OC)c1. The number of benzene rings is 1. The summed E-state index contributed by atoms with van der Waals surface area (Å²) in [6, 6.07) is 5.97. The zero-order chi connectivity index (χ0) is 26.4.